The fraction of sp³-hybridized carbons (Fsp3) is 0. The molecule has 0 aromatic carbocycles. The van der Waals surface area contributed by atoms with Crippen molar-refractivity contribution in [3.8, 4) is 0 Å². The number of rotatable bonds is 0. The molecule has 0 aliphatic carbocycles. The average Bonchev–Trinajstić information content (AvgIpc) is 1.60. The quantitative estimate of drug-likeness (QED) is 0.414. The van der Waals surface area contributed by atoms with Crippen molar-refractivity contribution in [2.24, 2.45) is 0 Å². The average molecular weight is 340 g/mol. The van der Waals surface area contributed by atoms with E-state index in [9.17, 15) is 0 Å². The molecular weight excluding hydrogens is 339 g/mol. The molecule has 0 aliphatic heterocycles. The topological polar surface area (TPSA) is 93.7 Å². The summed E-state index contributed by atoms with van der Waals surface area (Å²) in [5.74, 6) is 0. The number of hydrogen-bond acceptors (Lipinski definition) is 4. The maximum absolute atomic E-state index is 8.56. The van der Waals surface area contributed by atoms with Crippen LogP contribution in [-0.2, 0) is 26.8 Å². The fourth-order valence-electron chi connectivity index (χ4n) is 0. The van der Waals surface area contributed by atoms with Crippen LogP contribution in [0.4, 0.5) is 0 Å². The molecular formula is HCl5CrNO4S-2. The predicted octanol–water partition coefficient (Wildman–Crippen LogP) is 3.54. The van der Waals surface area contributed by atoms with E-state index in [1.165, 1.54) is 0 Å². The summed E-state index contributed by atoms with van der Waals surface area (Å²) in [5.41, 5.74) is 5.75. The second-order valence-electron chi connectivity index (χ2n) is 0.800. The molecule has 0 unspecified atom stereocenters. The molecule has 1 N–H and O–H groups in total. The molecule has 0 amide bonds. The molecule has 0 saturated carbocycles. The zero-order chi connectivity index (χ0) is 11.0. The first-order chi connectivity index (χ1) is 4.97. The first-order valence-corrected chi connectivity index (χ1v) is 11.3. The third kappa shape index (κ3) is 568. The Labute approximate surface area is 91.4 Å². The van der Waals surface area contributed by atoms with Gasteiger partial charge < -0.3 is 23.5 Å². The molecule has 0 saturated heterocycles. The van der Waals surface area contributed by atoms with Crippen LogP contribution in [0.1, 0.15) is 0 Å². The second-order valence-corrected chi connectivity index (χ2v) is 22.3. The largest absolute Gasteiger partial charge is 0.577 e. The molecule has 0 rings (SSSR count). The number of nitrogens with zero attached hydrogens (tertiary/aromatic N) is 1. The van der Waals surface area contributed by atoms with Gasteiger partial charge in [-0.25, -0.2) is 0 Å². The minimum Gasteiger partial charge on any atom is -0.577 e. The van der Waals surface area contributed by atoms with Gasteiger partial charge in [-0.2, -0.15) is 0 Å². The number of hydrogen-bond donors (Lipinski definition) is 1. The Hall–Kier alpha value is 1.49. The van der Waals surface area contributed by atoms with Gasteiger partial charge in [0, 0.05) is 11.0 Å². The first-order valence-electron chi connectivity index (χ1n) is 1.47. The minimum absolute atomic E-state index is 2.86. The van der Waals surface area contributed by atoms with Crippen molar-refractivity contribution in [1.82, 2.24) is 0 Å². The molecule has 0 fully saturated rings. The van der Waals surface area contributed by atoms with Gasteiger partial charge in [-0.1, -0.05) is 0 Å². The second kappa shape index (κ2) is 7.86. The molecule has 0 atom stereocenters. The van der Waals surface area contributed by atoms with E-state index in [0.717, 1.165) is 0 Å². The van der Waals surface area contributed by atoms with Crippen LogP contribution < -0.4 is 0 Å². The van der Waals surface area contributed by atoms with Crippen molar-refractivity contribution in [3.05, 3.63) is 10.5 Å². The Morgan fingerprint density at radius 3 is 1.00 bits per heavy atom. The Balaban J connectivity index is -0.000000118. The van der Waals surface area contributed by atoms with E-state index in [-0.39, 0.29) is 0 Å². The third-order valence-corrected chi connectivity index (χ3v) is 0. The number of nitroso groups, excluding NO2 is 1. The van der Waals surface area contributed by atoms with Crippen LogP contribution in [-0.4, -0.2) is 4.55 Å². The van der Waals surface area contributed by atoms with Gasteiger partial charge in [-0.15, -0.1) is 0 Å². The Morgan fingerprint density at radius 2 is 1.00 bits per heavy atom. The zero-order valence-corrected chi connectivity index (χ0v) is 10.7. The van der Waals surface area contributed by atoms with Crippen LogP contribution >= 0.6 is 50.2 Å². The summed E-state index contributed by atoms with van der Waals surface area (Å²) in [6, 6.07) is 0. The Bertz CT molecular complexity index is 157. The predicted molar refractivity (Wildman–Crippen MR) is 47.4 cm³/mol. The van der Waals surface area contributed by atoms with Crippen molar-refractivity contribution in [2.45, 2.75) is 0 Å². The summed E-state index contributed by atoms with van der Waals surface area (Å²) in [6.45, 7) is 0. The van der Waals surface area contributed by atoms with E-state index in [0.29, 0.717) is 0 Å². The molecule has 79 valence electrons. The van der Waals surface area contributed by atoms with Crippen LogP contribution in [0.25, 0.3) is 5.59 Å². The standard InChI is InChI=1S/5ClH.Cr.NO.HO3S/c;;;;;;1-2;1-4(2)3/h5*1H;;;(H,1,2,3)/q;;;;;+5;2*-1/p-5. The van der Waals surface area contributed by atoms with Crippen LogP contribution in [0.2, 0.25) is 0 Å². The van der Waals surface area contributed by atoms with E-state index in [2.05, 4.69) is 0 Å². The van der Waals surface area contributed by atoms with Crippen LogP contribution in [0.5, 0.6) is 0 Å². The SMILES string of the molecule is O=[S-](=O)O.[Cl][Cr]([Cl])([Cl])([Cl])[Cl].[N-]=O. The van der Waals surface area contributed by atoms with Crippen molar-refractivity contribution in [1.29, 1.82) is 0 Å². The minimum atomic E-state index is -4.01. The monoisotopic (exact) mass is 338 g/mol. The molecule has 0 radical (unpaired) electrons. The first kappa shape index (κ1) is 19.1. The van der Waals surface area contributed by atoms with Gasteiger partial charge in [0.2, 0.25) is 0 Å². The number of halogens is 5. The fourth-order valence-corrected chi connectivity index (χ4v) is 0. The van der Waals surface area contributed by atoms with Crippen molar-refractivity contribution < 1.29 is 20.4 Å². The van der Waals surface area contributed by atoms with Gasteiger partial charge in [0.05, 0.1) is 0 Å². The summed E-state index contributed by atoms with van der Waals surface area (Å²) in [5, 5.41) is 0. The smallest absolute Gasteiger partial charge is 0.423 e. The van der Waals surface area contributed by atoms with E-state index < -0.39 is 18.4 Å². The van der Waals surface area contributed by atoms with Crippen molar-refractivity contribution in [2.75, 3.05) is 0 Å². The maximum atomic E-state index is 8.56. The van der Waals surface area contributed by atoms with Gasteiger partial charge in [0.15, 0.2) is 0 Å². The van der Waals surface area contributed by atoms with Crippen molar-refractivity contribution >= 4 is 61.2 Å². The van der Waals surface area contributed by atoms with E-state index in [1.54, 1.807) is 0 Å². The van der Waals surface area contributed by atoms with E-state index >= 15 is 0 Å². The van der Waals surface area contributed by atoms with E-state index in [4.69, 9.17) is 73.7 Å². The normalized spacial score (nSPS) is 12.8. The Morgan fingerprint density at radius 1 is 1.00 bits per heavy atom. The summed E-state index contributed by atoms with van der Waals surface area (Å²) < 4.78 is 24.1. The summed E-state index contributed by atoms with van der Waals surface area (Å²) in [7, 11) is 18.2. The molecule has 0 heterocycles. The summed E-state index contributed by atoms with van der Waals surface area (Å²) in [4.78, 5) is 7.25. The summed E-state index contributed by atoms with van der Waals surface area (Å²) in [6.07, 6.45) is 0. The molecule has 5 nitrogen and oxygen atoms in total. The van der Waals surface area contributed by atoms with Crippen LogP contribution in [0, 0.1) is 4.91 Å². The zero-order valence-electron chi connectivity index (χ0n) is 4.83. The van der Waals surface area contributed by atoms with Gasteiger partial charge in [0.25, 0.3) is 0 Å². The van der Waals surface area contributed by atoms with Gasteiger partial charge in [0.1, 0.15) is 0 Å². The van der Waals surface area contributed by atoms with Gasteiger partial charge >= 0.3 is 57.6 Å². The van der Waals surface area contributed by atoms with Crippen molar-refractivity contribution in [3.63, 3.8) is 0 Å². The van der Waals surface area contributed by atoms with Crippen LogP contribution in [0.3, 0.4) is 0 Å². The van der Waals surface area contributed by atoms with Gasteiger partial charge in [-0.3, -0.25) is 0 Å². The molecule has 0 aliphatic rings. The Kier molecular flexibility index (Phi) is 12.5. The molecule has 0 bridgehead atoms. The molecule has 0 spiro atoms. The van der Waals surface area contributed by atoms with Gasteiger partial charge in [-0.05, 0) is 0 Å². The molecule has 12 heteroatoms. The third-order valence-electron chi connectivity index (χ3n) is 0. The molecule has 0 aromatic heterocycles. The maximum Gasteiger partial charge on any atom is -0.423 e. The summed E-state index contributed by atoms with van der Waals surface area (Å²) >= 11 is 0. The molecule has 0 aromatic rings. The molecule has 12 heavy (non-hydrogen) atoms. The van der Waals surface area contributed by atoms with E-state index in [1.807, 2.05) is 0 Å². The van der Waals surface area contributed by atoms with Crippen LogP contribution in [0.15, 0.2) is 0 Å².